The van der Waals surface area contributed by atoms with Crippen LogP contribution >= 0.6 is 7.82 Å². The van der Waals surface area contributed by atoms with E-state index in [0.717, 1.165) is 57.8 Å². The zero-order chi connectivity index (χ0) is 45.0. The van der Waals surface area contributed by atoms with E-state index < -0.39 is 32.5 Å². The van der Waals surface area contributed by atoms with Crippen molar-refractivity contribution in [3.05, 3.63) is 24.3 Å². The van der Waals surface area contributed by atoms with Gasteiger partial charge in [0, 0.05) is 12.8 Å². The number of hydrogen-bond donors (Lipinski definition) is 0. The third kappa shape index (κ3) is 47.8. The summed E-state index contributed by atoms with van der Waals surface area (Å²) in [6, 6.07) is 0. The molecule has 0 aromatic carbocycles. The van der Waals surface area contributed by atoms with Crippen molar-refractivity contribution in [2.75, 3.05) is 47.5 Å². The average Bonchev–Trinajstić information content (AvgIpc) is 3.21. The molecule has 0 rings (SSSR count). The number of likely N-dealkylation sites (N-methyl/N-ethyl adjacent to an activating group) is 1. The summed E-state index contributed by atoms with van der Waals surface area (Å²) in [7, 11) is 1.17. The summed E-state index contributed by atoms with van der Waals surface area (Å²) >= 11 is 0. The van der Waals surface area contributed by atoms with Crippen LogP contribution < -0.4 is 4.89 Å². The van der Waals surface area contributed by atoms with Crippen molar-refractivity contribution in [3.8, 4) is 0 Å². The first-order valence-corrected chi connectivity index (χ1v) is 27.0. The van der Waals surface area contributed by atoms with Gasteiger partial charge in [0.25, 0.3) is 7.82 Å². The zero-order valence-electron chi connectivity index (χ0n) is 40.6. The highest BCUT2D eigenvalue weighted by Gasteiger charge is 2.21. The Hall–Kier alpha value is -1.51. The zero-order valence-corrected chi connectivity index (χ0v) is 41.5. The average molecular weight is 884 g/mol. The standard InChI is InChI=1S/C51H98NO8P/c1-6-8-10-12-14-16-18-19-20-21-22-23-24-25-26-27-28-29-30-31-32-33-34-36-38-40-42-44-51(54)60-49(48-59-61(55,56)58-46-45-52(3,4)5)47-57-50(53)43-41-39-37-35-17-15-13-11-9-7-2/h11,13,21-22,49H,6-10,12,14-20,23-48H2,1-5H3/b13-11-,22-21-. The fourth-order valence-corrected chi connectivity index (χ4v) is 7.91. The van der Waals surface area contributed by atoms with E-state index in [2.05, 4.69) is 38.2 Å². The van der Waals surface area contributed by atoms with Crippen molar-refractivity contribution in [3.63, 3.8) is 0 Å². The second-order valence-corrected chi connectivity index (χ2v) is 19.9. The second kappa shape index (κ2) is 43.7. The van der Waals surface area contributed by atoms with E-state index in [-0.39, 0.29) is 26.1 Å². The van der Waals surface area contributed by atoms with Crippen molar-refractivity contribution in [1.29, 1.82) is 0 Å². The van der Waals surface area contributed by atoms with Crippen LogP contribution in [-0.4, -0.2) is 70.0 Å². The van der Waals surface area contributed by atoms with Gasteiger partial charge in [-0.1, -0.05) is 192 Å². The van der Waals surface area contributed by atoms with Crippen molar-refractivity contribution in [2.24, 2.45) is 0 Å². The van der Waals surface area contributed by atoms with Gasteiger partial charge in [-0.3, -0.25) is 14.2 Å². The molecular weight excluding hydrogens is 786 g/mol. The Kier molecular flexibility index (Phi) is 42.6. The summed E-state index contributed by atoms with van der Waals surface area (Å²) in [5.41, 5.74) is 0. The fraction of sp³-hybridized carbons (Fsp3) is 0.882. The number of carbonyl (C=O) groups excluding carboxylic acids is 2. The minimum Gasteiger partial charge on any atom is -0.756 e. The Bertz CT molecular complexity index is 1090. The molecule has 9 nitrogen and oxygen atoms in total. The van der Waals surface area contributed by atoms with E-state index in [1.807, 2.05) is 21.1 Å². The summed E-state index contributed by atoms with van der Waals surface area (Å²) in [5.74, 6) is -0.838. The number of allylic oxidation sites excluding steroid dienone is 4. The molecule has 0 spiro atoms. The molecule has 0 bridgehead atoms. The van der Waals surface area contributed by atoms with Crippen LogP contribution in [0.15, 0.2) is 24.3 Å². The fourth-order valence-electron chi connectivity index (χ4n) is 7.18. The van der Waals surface area contributed by atoms with Crippen LogP contribution in [0.25, 0.3) is 0 Å². The number of hydrogen-bond acceptors (Lipinski definition) is 8. The van der Waals surface area contributed by atoms with Crippen LogP contribution in [0.2, 0.25) is 0 Å². The smallest absolute Gasteiger partial charge is 0.306 e. The number of nitrogens with zero attached hydrogens (tertiary/aromatic N) is 1. The van der Waals surface area contributed by atoms with Crippen LogP contribution in [0.5, 0.6) is 0 Å². The molecule has 360 valence electrons. The molecule has 0 N–H and O–H groups in total. The summed E-state index contributed by atoms with van der Waals surface area (Å²) in [5, 5.41) is 0. The first-order chi connectivity index (χ1) is 29.5. The molecule has 0 fully saturated rings. The monoisotopic (exact) mass is 884 g/mol. The molecule has 0 aromatic heterocycles. The number of quaternary nitrogens is 1. The molecule has 0 saturated heterocycles. The topological polar surface area (TPSA) is 111 Å². The van der Waals surface area contributed by atoms with Gasteiger partial charge in [-0.05, 0) is 57.8 Å². The van der Waals surface area contributed by atoms with Gasteiger partial charge in [-0.15, -0.1) is 0 Å². The SMILES string of the molecule is CCC/C=C\CCCCCCCC(=O)OCC(COP(=O)([O-])OCC[N+](C)(C)C)OC(=O)CCCCCCCCCCCCCCCCC/C=C\CCCCCCCCCC. The molecule has 61 heavy (non-hydrogen) atoms. The van der Waals surface area contributed by atoms with E-state index in [1.165, 1.54) is 148 Å². The molecule has 0 heterocycles. The van der Waals surface area contributed by atoms with Crippen LogP contribution in [0.4, 0.5) is 0 Å². The minimum atomic E-state index is -4.62. The summed E-state index contributed by atoms with van der Waals surface area (Å²) in [6.07, 6.45) is 49.5. The lowest BCUT2D eigenvalue weighted by atomic mass is 10.0. The molecule has 0 aliphatic heterocycles. The number of rotatable bonds is 47. The Labute approximate surface area is 377 Å². The third-order valence-electron chi connectivity index (χ3n) is 11.2. The Morgan fingerprint density at radius 2 is 0.869 bits per heavy atom. The number of carbonyl (C=O) groups is 2. The van der Waals surface area contributed by atoms with Gasteiger partial charge in [0.05, 0.1) is 27.7 Å². The van der Waals surface area contributed by atoms with E-state index in [0.29, 0.717) is 17.4 Å². The third-order valence-corrected chi connectivity index (χ3v) is 12.1. The molecule has 0 radical (unpaired) electrons. The van der Waals surface area contributed by atoms with Crippen LogP contribution in [0.1, 0.15) is 239 Å². The number of phosphoric ester groups is 1. The van der Waals surface area contributed by atoms with Gasteiger partial charge in [-0.25, -0.2) is 0 Å². The van der Waals surface area contributed by atoms with Crippen LogP contribution in [0, 0.1) is 0 Å². The number of ether oxygens (including phenoxy) is 2. The minimum absolute atomic E-state index is 0.0303. The maximum atomic E-state index is 12.7. The highest BCUT2D eigenvalue weighted by Crippen LogP contribution is 2.38. The highest BCUT2D eigenvalue weighted by molar-refractivity contribution is 7.45. The summed E-state index contributed by atoms with van der Waals surface area (Å²) < 4.78 is 33.9. The predicted octanol–water partition coefficient (Wildman–Crippen LogP) is 14.5. The van der Waals surface area contributed by atoms with Crippen LogP contribution in [0.3, 0.4) is 0 Å². The number of esters is 2. The lowest BCUT2D eigenvalue weighted by Gasteiger charge is -2.28. The number of unbranched alkanes of at least 4 members (excludes halogenated alkanes) is 29. The lowest BCUT2D eigenvalue weighted by molar-refractivity contribution is -0.870. The normalized spacial score (nSPS) is 13.6. The van der Waals surface area contributed by atoms with Gasteiger partial charge in [-0.2, -0.15) is 0 Å². The number of phosphoric acid groups is 1. The van der Waals surface area contributed by atoms with Crippen molar-refractivity contribution in [2.45, 2.75) is 245 Å². The first-order valence-electron chi connectivity index (χ1n) is 25.5. The van der Waals surface area contributed by atoms with Crippen LogP contribution in [-0.2, 0) is 32.7 Å². The maximum Gasteiger partial charge on any atom is 0.306 e. The molecular formula is C51H98NO8P. The van der Waals surface area contributed by atoms with E-state index in [9.17, 15) is 19.0 Å². The molecule has 2 unspecified atom stereocenters. The van der Waals surface area contributed by atoms with Gasteiger partial charge in [0.15, 0.2) is 6.10 Å². The summed E-state index contributed by atoms with van der Waals surface area (Å²) in [4.78, 5) is 37.5. The van der Waals surface area contributed by atoms with Gasteiger partial charge in [0.2, 0.25) is 0 Å². The van der Waals surface area contributed by atoms with Crippen molar-refractivity contribution in [1.82, 2.24) is 0 Å². The van der Waals surface area contributed by atoms with Gasteiger partial charge in [0.1, 0.15) is 19.8 Å². The van der Waals surface area contributed by atoms with Gasteiger partial charge < -0.3 is 27.9 Å². The molecule has 0 amide bonds. The Morgan fingerprint density at radius 3 is 1.28 bits per heavy atom. The second-order valence-electron chi connectivity index (χ2n) is 18.5. The van der Waals surface area contributed by atoms with E-state index in [1.54, 1.807) is 0 Å². The highest BCUT2D eigenvalue weighted by atomic mass is 31.2. The van der Waals surface area contributed by atoms with Gasteiger partial charge >= 0.3 is 11.9 Å². The van der Waals surface area contributed by atoms with Crippen molar-refractivity contribution < 1.29 is 42.1 Å². The summed E-state index contributed by atoms with van der Waals surface area (Å²) in [6.45, 7) is 4.18. The van der Waals surface area contributed by atoms with E-state index in [4.69, 9.17) is 18.5 Å². The van der Waals surface area contributed by atoms with Crippen molar-refractivity contribution >= 4 is 19.8 Å². The maximum absolute atomic E-state index is 12.7. The molecule has 0 saturated carbocycles. The predicted molar refractivity (Wildman–Crippen MR) is 254 cm³/mol. The Morgan fingerprint density at radius 1 is 0.492 bits per heavy atom. The lowest BCUT2D eigenvalue weighted by Crippen LogP contribution is -2.37. The molecule has 0 aliphatic rings. The first kappa shape index (κ1) is 59.5. The Balaban J connectivity index is 4.07. The van der Waals surface area contributed by atoms with E-state index >= 15 is 0 Å². The quantitative estimate of drug-likeness (QED) is 0.0195. The molecule has 0 aromatic rings. The molecule has 10 heteroatoms. The molecule has 0 aliphatic carbocycles. The largest absolute Gasteiger partial charge is 0.756 e. The molecule has 2 atom stereocenters.